The number of amides is 2. The van der Waals surface area contributed by atoms with E-state index in [0.29, 0.717) is 19.0 Å². The molecule has 1 aromatic carbocycles. The van der Waals surface area contributed by atoms with E-state index in [0.717, 1.165) is 29.7 Å². The lowest BCUT2D eigenvalue weighted by molar-refractivity contribution is 0.0178. The zero-order chi connectivity index (χ0) is 20.9. The summed E-state index contributed by atoms with van der Waals surface area (Å²) in [7, 11) is 0. The Kier molecular flexibility index (Phi) is 6.96. The molecule has 1 aliphatic heterocycles. The van der Waals surface area contributed by atoms with Gasteiger partial charge in [0.25, 0.3) is 5.91 Å². The van der Waals surface area contributed by atoms with E-state index in [1.165, 1.54) is 11.3 Å². The van der Waals surface area contributed by atoms with Gasteiger partial charge in [-0.15, -0.1) is 11.3 Å². The van der Waals surface area contributed by atoms with Gasteiger partial charge < -0.3 is 15.0 Å². The van der Waals surface area contributed by atoms with Crippen molar-refractivity contribution in [1.29, 1.82) is 0 Å². The first kappa shape index (κ1) is 21.4. The van der Waals surface area contributed by atoms with E-state index in [-0.39, 0.29) is 18.0 Å². The van der Waals surface area contributed by atoms with Crippen LogP contribution >= 0.6 is 11.3 Å². The molecule has 2 amide bonds. The SMILES string of the molecule is CC(C)(C)OC(=O)N1CCC(CC(NC(=O)c2cccs2)c2ccccc2)CC1. The van der Waals surface area contributed by atoms with Crippen molar-refractivity contribution in [3.05, 3.63) is 58.3 Å². The Balaban J connectivity index is 1.60. The maximum Gasteiger partial charge on any atom is 0.410 e. The summed E-state index contributed by atoms with van der Waals surface area (Å²) in [6.45, 7) is 7.05. The Labute approximate surface area is 177 Å². The summed E-state index contributed by atoms with van der Waals surface area (Å²) >= 11 is 1.45. The zero-order valence-corrected chi connectivity index (χ0v) is 18.2. The second-order valence-electron chi connectivity index (χ2n) is 8.56. The maximum absolute atomic E-state index is 12.6. The fraction of sp³-hybridized carbons (Fsp3) is 0.478. The van der Waals surface area contributed by atoms with Crippen LogP contribution in [-0.4, -0.2) is 35.6 Å². The molecule has 0 radical (unpaired) electrons. The molecule has 156 valence electrons. The first-order valence-corrected chi connectivity index (χ1v) is 11.1. The number of carbonyl (C=O) groups excluding carboxylic acids is 2. The van der Waals surface area contributed by atoms with Crippen molar-refractivity contribution in [1.82, 2.24) is 10.2 Å². The summed E-state index contributed by atoms with van der Waals surface area (Å²) in [4.78, 5) is 27.4. The lowest BCUT2D eigenvalue weighted by Crippen LogP contribution is -2.42. The van der Waals surface area contributed by atoms with Crippen molar-refractivity contribution in [2.75, 3.05) is 13.1 Å². The van der Waals surface area contributed by atoms with Gasteiger partial charge in [-0.1, -0.05) is 36.4 Å². The van der Waals surface area contributed by atoms with Crippen LogP contribution in [0.3, 0.4) is 0 Å². The molecule has 2 heterocycles. The summed E-state index contributed by atoms with van der Waals surface area (Å²) < 4.78 is 5.49. The molecule has 5 nitrogen and oxygen atoms in total. The normalized spacial score (nSPS) is 16.3. The maximum atomic E-state index is 12.6. The van der Waals surface area contributed by atoms with Gasteiger partial charge >= 0.3 is 6.09 Å². The fourth-order valence-corrected chi connectivity index (χ4v) is 4.24. The molecule has 1 atom stereocenters. The van der Waals surface area contributed by atoms with Crippen molar-refractivity contribution in [2.24, 2.45) is 5.92 Å². The minimum absolute atomic E-state index is 0.0277. The van der Waals surface area contributed by atoms with Gasteiger partial charge in [0.2, 0.25) is 0 Å². The quantitative estimate of drug-likeness (QED) is 0.726. The van der Waals surface area contributed by atoms with Gasteiger partial charge in [-0.05, 0) is 63.0 Å². The standard InChI is InChI=1S/C23H30N2O3S/c1-23(2,3)28-22(27)25-13-11-17(12-14-25)16-19(18-8-5-4-6-9-18)24-21(26)20-10-7-15-29-20/h4-10,15,17,19H,11-14,16H2,1-3H3,(H,24,26). The highest BCUT2D eigenvalue weighted by Crippen LogP contribution is 2.29. The summed E-state index contributed by atoms with van der Waals surface area (Å²) in [5.41, 5.74) is 0.644. The van der Waals surface area contributed by atoms with Gasteiger partial charge in [0, 0.05) is 13.1 Å². The predicted octanol–water partition coefficient (Wildman–Crippen LogP) is 5.26. The molecule has 0 spiro atoms. The summed E-state index contributed by atoms with van der Waals surface area (Å²) in [6, 6.07) is 13.8. The van der Waals surface area contributed by atoms with Crippen molar-refractivity contribution >= 4 is 23.3 Å². The van der Waals surface area contributed by atoms with Crippen molar-refractivity contribution in [3.63, 3.8) is 0 Å². The minimum atomic E-state index is -0.474. The van der Waals surface area contributed by atoms with Gasteiger partial charge in [-0.25, -0.2) is 4.79 Å². The topological polar surface area (TPSA) is 58.6 Å². The summed E-state index contributed by atoms with van der Waals surface area (Å²) in [5, 5.41) is 5.13. The second-order valence-corrected chi connectivity index (χ2v) is 9.51. The highest BCUT2D eigenvalue weighted by Gasteiger charge is 2.29. The molecule has 1 aromatic heterocycles. The Bertz CT molecular complexity index is 791. The van der Waals surface area contributed by atoms with E-state index in [9.17, 15) is 9.59 Å². The van der Waals surface area contributed by atoms with Crippen LogP contribution in [0.5, 0.6) is 0 Å². The number of likely N-dealkylation sites (tertiary alicyclic amines) is 1. The number of carbonyl (C=O) groups is 2. The van der Waals surface area contributed by atoms with E-state index < -0.39 is 5.60 Å². The lowest BCUT2D eigenvalue weighted by atomic mass is 9.87. The number of thiophene rings is 1. The van der Waals surface area contributed by atoms with Crippen LogP contribution in [0.4, 0.5) is 4.79 Å². The number of nitrogens with one attached hydrogen (secondary N) is 1. The Morgan fingerprint density at radius 1 is 1.14 bits per heavy atom. The van der Waals surface area contributed by atoms with E-state index in [2.05, 4.69) is 17.4 Å². The van der Waals surface area contributed by atoms with Crippen molar-refractivity contribution in [3.8, 4) is 0 Å². The minimum Gasteiger partial charge on any atom is -0.444 e. The third-order valence-corrected chi connectivity index (χ3v) is 5.96. The molecule has 2 aromatic rings. The highest BCUT2D eigenvalue weighted by atomic mass is 32.1. The van der Waals surface area contributed by atoms with Crippen molar-refractivity contribution in [2.45, 2.75) is 51.7 Å². The van der Waals surface area contributed by atoms with Crippen LogP contribution in [0.25, 0.3) is 0 Å². The average Bonchev–Trinajstić information content (AvgIpc) is 3.22. The van der Waals surface area contributed by atoms with Crippen LogP contribution in [0.2, 0.25) is 0 Å². The number of ether oxygens (including phenoxy) is 1. The molecule has 29 heavy (non-hydrogen) atoms. The molecule has 1 fully saturated rings. The predicted molar refractivity (Wildman–Crippen MR) is 116 cm³/mol. The van der Waals surface area contributed by atoms with E-state index in [4.69, 9.17) is 4.74 Å². The summed E-state index contributed by atoms with van der Waals surface area (Å²) in [6.07, 6.45) is 2.46. The molecule has 1 aliphatic rings. The molecular weight excluding hydrogens is 384 g/mol. The van der Waals surface area contributed by atoms with Gasteiger partial charge in [0.1, 0.15) is 5.60 Å². The van der Waals surface area contributed by atoms with Crippen LogP contribution in [0.1, 0.15) is 61.3 Å². The smallest absolute Gasteiger partial charge is 0.410 e. The molecule has 1 N–H and O–H groups in total. The van der Waals surface area contributed by atoms with Crippen LogP contribution in [0, 0.1) is 5.92 Å². The zero-order valence-electron chi connectivity index (χ0n) is 17.4. The van der Waals surface area contributed by atoms with E-state index >= 15 is 0 Å². The molecular formula is C23H30N2O3S. The van der Waals surface area contributed by atoms with Gasteiger partial charge in [0.15, 0.2) is 0 Å². The van der Waals surface area contributed by atoms with Gasteiger partial charge in [-0.2, -0.15) is 0 Å². The number of hydrogen-bond acceptors (Lipinski definition) is 4. The fourth-order valence-electron chi connectivity index (χ4n) is 3.61. The summed E-state index contributed by atoms with van der Waals surface area (Å²) in [5.74, 6) is 0.419. The highest BCUT2D eigenvalue weighted by molar-refractivity contribution is 7.12. The lowest BCUT2D eigenvalue weighted by Gasteiger charge is -2.35. The number of benzene rings is 1. The van der Waals surface area contributed by atoms with Crippen molar-refractivity contribution < 1.29 is 14.3 Å². The van der Waals surface area contributed by atoms with E-state index in [1.54, 1.807) is 4.90 Å². The average molecular weight is 415 g/mol. The molecule has 1 unspecified atom stereocenters. The molecule has 0 aliphatic carbocycles. The Hall–Kier alpha value is -2.34. The van der Waals surface area contributed by atoms with E-state index in [1.807, 2.05) is 56.5 Å². The van der Waals surface area contributed by atoms with Crippen LogP contribution in [0.15, 0.2) is 47.8 Å². The first-order valence-electron chi connectivity index (χ1n) is 10.2. The molecule has 3 rings (SSSR count). The van der Waals surface area contributed by atoms with Crippen LogP contribution < -0.4 is 5.32 Å². The van der Waals surface area contributed by atoms with Gasteiger partial charge in [0.05, 0.1) is 10.9 Å². The first-order chi connectivity index (χ1) is 13.8. The number of hydrogen-bond donors (Lipinski definition) is 1. The molecule has 6 heteroatoms. The monoisotopic (exact) mass is 414 g/mol. The number of piperidine rings is 1. The molecule has 0 saturated carbocycles. The van der Waals surface area contributed by atoms with Crippen LogP contribution in [-0.2, 0) is 4.74 Å². The third-order valence-electron chi connectivity index (χ3n) is 5.09. The van der Waals surface area contributed by atoms with Gasteiger partial charge in [-0.3, -0.25) is 4.79 Å². The Morgan fingerprint density at radius 2 is 1.83 bits per heavy atom. The second kappa shape index (κ2) is 9.44. The third kappa shape index (κ3) is 6.32. The largest absolute Gasteiger partial charge is 0.444 e. The number of nitrogens with zero attached hydrogens (tertiary/aromatic N) is 1. The Morgan fingerprint density at radius 3 is 2.41 bits per heavy atom. The number of rotatable bonds is 5. The molecule has 0 bridgehead atoms. The molecule has 1 saturated heterocycles.